The number of hydrogen-bond donors (Lipinski definition) is 1. The van der Waals surface area contributed by atoms with E-state index in [0.29, 0.717) is 22.3 Å². The largest absolute Gasteiger partial charge is 0.354 e. The van der Waals surface area contributed by atoms with Gasteiger partial charge in [-0.15, -0.1) is 0 Å². The Morgan fingerprint density at radius 2 is 1.85 bits per heavy atom. The molecule has 1 N–H and O–H groups in total. The van der Waals surface area contributed by atoms with Crippen molar-refractivity contribution in [3.63, 3.8) is 0 Å². The fourth-order valence-corrected chi connectivity index (χ4v) is 4.53. The van der Waals surface area contributed by atoms with Gasteiger partial charge in [-0.1, -0.05) is 34.6 Å². The molecule has 1 aromatic heterocycles. The smallest absolute Gasteiger partial charge is 0.330 e. The first-order valence-corrected chi connectivity index (χ1v) is 10.0. The topological polar surface area (TPSA) is 64.1 Å². The van der Waals surface area contributed by atoms with Gasteiger partial charge in [-0.2, -0.15) is 0 Å². The number of aromatic nitrogens is 2. The maximum Gasteiger partial charge on any atom is 0.330 e. The van der Waals surface area contributed by atoms with Crippen LogP contribution in [-0.2, 0) is 10.2 Å². The summed E-state index contributed by atoms with van der Waals surface area (Å²) in [5.41, 5.74) is 0.464. The van der Waals surface area contributed by atoms with Crippen molar-refractivity contribution in [1.82, 2.24) is 9.55 Å². The molecule has 5 heteroatoms. The van der Waals surface area contributed by atoms with E-state index in [1.807, 2.05) is 20.8 Å². The van der Waals surface area contributed by atoms with Gasteiger partial charge in [0.15, 0.2) is 0 Å². The quantitative estimate of drug-likeness (QED) is 0.890. The molecule has 1 aromatic rings. The minimum Gasteiger partial charge on any atom is -0.354 e. The van der Waals surface area contributed by atoms with E-state index >= 15 is 0 Å². The molecule has 0 radical (unpaired) electrons. The third-order valence-electron chi connectivity index (χ3n) is 7.05. The molecule has 2 heterocycles. The summed E-state index contributed by atoms with van der Waals surface area (Å²) >= 11 is 0. The third-order valence-corrected chi connectivity index (χ3v) is 7.05. The molecule has 3 aliphatic rings. The predicted molar refractivity (Wildman–Crippen MR) is 101 cm³/mol. The van der Waals surface area contributed by atoms with Crippen LogP contribution in [0.25, 0.3) is 0 Å². The Morgan fingerprint density at radius 1 is 1.19 bits per heavy atom. The fourth-order valence-electron chi connectivity index (χ4n) is 4.53. The Labute approximate surface area is 155 Å². The first-order valence-electron chi connectivity index (χ1n) is 10.0. The van der Waals surface area contributed by atoms with Gasteiger partial charge in [0.05, 0.1) is 6.10 Å². The zero-order valence-electron chi connectivity index (χ0n) is 16.7. The third kappa shape index (κ3) is 3.19. The molecule has 3 atom stereocenters. The molecule has 3 unspecified atom stereocenters. The van der Waals surface area contributed by atoms with E-state index in [9.17, 15) is 9.59 Å². The van der Waals surface area contributed by atoms with Crippen LogP contribution < -0.4 is 11.2 Å². The highest BCUT2D eigenvalue weighted by Gasteiger charge is 2.55. The summed E-state index contributed by atoms with van der Waals surface area (Å²) in [6, 6.07) is 0. The van der Waals surface area contributed by atoms with Crippen molar-refractivity contribution in [2.24, 2.45) is 16.7 Å². The fraction of sp³-hybridized carbons (Fsp3) is 0.810. The number of nitrogens with zero attached hydrogens (tertiary/aromatic N) is 1. The van der Waals surface area contributed by atoms with Crippen LogP contribution in [0.3, 0.4) is 0 Å². The van der Waals surface area contributed by atoms with E-state index in [-0.39, 0.29) is 29.0 Å². The number of hydrogen-bond acceptors (Lipinski definition) is 3. The lowest BCUT2D eigenvalue weighted by Crippen LogP contribution is -2.37. The van der Waals surface area contributed by atoms with Gasteiger partial charge >= 0.3 is 5.69 Å². The van der Waals surface area contributed by atoms with Gasteiger partial charge < -0.3 is 4.74 Å². The van der Waals surface area contributed by atoms with Crippen molar-refractivity contribution < 1.29 is 4.74 Å². The van der Waals surface area contributed by atoms with Crippen LogP contribution >= 0.6 is 0 Å². The molecule has 2 saturated carbocycles. The number of H-pyrrole nitrogens is 1. The number of rotatable bonds is 4. The molecular formula is C21H32N2O3. The Bertz CT molecular complexity index is 821. The second-order valence-corrected chi connectivity index (χ2v) is 10.6. The summed E-state index contributed by atoms with van der Waals surface area (Å²) < 4.78 is 8.11. The van der Waals surface area contributed by atoms with Gasteiger partial charge in [0, 0.05) is 11.8 Å². The standard InChI is InChI=1S/C21H32N2O3/c1-19(2,3)14-12-23(18(25)22-17(14)24)16-10-13(21(5)8-9-21)15(26-16)11-20(4)6-7-20/h12-13,15-16H,6-11H2,1-5H3,(H,22,24,25). The highest BCUT2D eigenvalue weighted by Crippen LogP contribution is 2.61. The second kappa shape index (κ2) is 5.57. The zero-order chi connectivity index (χ0) is 18.9. The summed E-state index contributed by atoms with van der Waals surface area (Å²) in [4.78, 5) is 27.3. The second-order valence-electron chi connectivity index (χ2n) is 10.6. The van der Waals surface area contributed by atoms with Crippen molar-refractivity contribution in [2.75, 3.05) is 0 Å². The first-order chi connectivity index (χ1) is 12.0. The Hall–Kier alpha value is -1.36. The maximum atomic E-state index is 12.5. The van der Waals surface area contributed by atoms with Gasteiger partial charge in [-0.25, -0.2) is 4.79 Å². The van der Waals surface area contributed by atoms with Crippen LogP contribution in [0.15, 0.2) is 15.8 Å². The van der Waals surface area contributed by atoms with Crippen molar-refractivity contribution in [3.8, 4) is 0 Å². The molecule has 26 heavy (non-hydrogen) atoms. The van der Waals surface area contributed by atoms with E-state index < -0.39 is 0 Å². The van der Waals surface area contributed by atoms with Gasteiger partial charge in [0.25, 0.3) is 5.56 Å². The Morgan fingerprint density at radius 3 is 2.38 bits per heavy atom. The molecule has 144 valence electrons. The average Bonchev–Trinajstić information content (AvgIpc) is 3.39. The van der Waals surface area contributed by atoms with Crippen molar-refractivity contribution in [1.29, 1.82) is 0 Å². The van der Waals surface area contributed by atoms with E-state index in [2.05, 4.69) is 18.8 Å². The monoisotopic (exact) mass is 360 g/mol. The molecule has 4 rings (SSSR count). The van der Waals surface area contributed by atoms with Crippen LogP contribution in [0.2, 0.25) is 0 Å². The molecule has 3 fully saturated rings. The number of ether oxygens (including phenoxy) is 1. The van der Waals surface area contributed by atoms with Crippen LogP contribution in [0, 0.1) is 16.7 Å². The van der Waals surface area contributed by atoms with Crippen LogP contribution in [0.4, 0.5) is 0 Å². The lowest BCUT2D eigenvalue weighted by atomic mass is 9.81. The zero-order valence-corrected chi connectivity index (χ0v) is 16.7. The summed E-state index contributed by atoms with van der Waals surface area (Å²) in [6.45, 7) is 10.7. The minimum atomic E-state index is -0.356. The summed E-state index contributed by atoms with van der Waals surface area (Å²) in [5, 5.41) is 0. The van der Waals surface area contributed by atoms with Gasteiger partial charge in [-0.05, 0) is 60.7 Å². The molecule has 0 bridgehead atoms. The normalized spacial score (nSPS) is 31.8. The predicted octanol–water partition coefficient (Wildman–Crippen LogP) is 3.73. The highest BCUT2D eigenvalue weighted by molar-refractivity contribution is 5.16. The van der Waals surface area contributed by atoms with Crippen molar-refractivity contribution >= 4 is 0 Å². The molecule has 5 nitrogen and oxygen atoms in total. The summed E-state index contributed by atoms with van der Waals surface area (Å²) in [5.74, 6) is 0.502. The molecular weight excluding hydrogens is 328 g/mol. The van der Waals surface area contributed by atoms with Gasteiger partial charge in [-0.3, -0.25) is 14.3 Å². The minimum absolute atomic E-state index is 0.219. The van der Waals surface area contributed by atoms with E-state index in [0.717, 1.165) is 12.8 Å². The van der Waals surface area contributed by atoms with Gasteiger partial charge in [0.2, 0.25) is 0 Å². The molecule has 2 aliphatic carbocycles. The van der Waals surface area contributed by atoms with Crippen LogP contribution in [-0.4, -0.2) is 15.7 Å². The maximum absolute atomic E-state index is 12.5. The van der Waals surface area contributed by atoms with E-state index in [1.165, 1.54) is 25.7 Å². The Kier molecular flexibility index (Phi) is 3.86. The van der Waals surface area contributed by atoms with Crippen LogP contribution in [0.5, 0.6) is 0 Å². The number of aromatic amines is 1. The van der Waals surface area contributed by atoms with Crippen LogP contribution in [0.1, 0.15) is 84.9 Å². The lowest BCUT2D eigenvalue weighted by molar-refractivity contribution is -0.0247. The molecule has 1 saturated heterocycles. The number of nitrogens with one attached hydrogen (secondary N) is 1. The van der Waals surface area contributed by atoms with Crippen molar-refractivity contribution in [2.45, 2.75) is 90.9 Å². The molecule has 0 amide bonds. The summed E-state index contributed by atoms with van der Waals surface area (Å²) in [6.07, 6.45) is 8.73. The molecule has 0 aromatic carbocycles. The van der Waals surface area contributed by atoms with Gasteiger partial charge in [0.1, 0.15) is 6.23 Å². The highest BCUT2D eigenvalue weighted by atomic mass is 16.5. The van der Waals surface area contributed by atoms with E-state index in [4.69, 9.17) is 4.74 Å². The SMILES string of the molecule is CC1(CC2OC(n3cc(C(C)(C)C)c(=O)[nH]c3=O)CC2C2(C)CC2)CC1. The molecule has 0 spiro atoms. The average molecular weight is 360 g/mol. The molecule has 1 aliphatic heterocycles. The van der Waals surface area contributed by atoms with E-state index in [1.54, 1.807) is 10.8 Å². The first kappa shape index (κ1) is 18.0. The summed E-state index contributed by atoms with van der Waals surface area (Å²) in [7, 11) is 0. The van der Waals surface area contributed by atoms with Crippen molar-refractivity contribution in [3.05, 3.63) is 32.6 Å². The lowest BCUT2D eigenvalue weighted by Gasteiger charge is -2.26. The Balaban J connectivity index is 1.66.